The van der Waals surface area contributed by atoms with Gasteiger partial charge in [0.1, 0.15) is 0 Å². The summed E-state index contributed by atoms with van der Waals surface area (Å²) in [5.74, 6) is 1.23. The Morgan fingerprint density at radius 1 is 1.29 bits per heavy atom. The van der Waals surface area contributed by atoms with Gasteiger partial charge in [0.2, 0.25) is 0 Å². The van der Waals surface area contributed by atoms with Gasteiger partial charge in [-0.2, -0.15) is 25.3 Å². The molecule has 1 atom stereocenters. The van der Waals surface area contributed by atoms with Crippen LogP contribution in [0.1, 0.15) is 27.7 Å². The molecule has 1 N–H and O–H groups in total. The Morgan fingerprint density at radius 2 is 1.94 bits per heavy atom. The van der Waals surface area contributed by atoms with Crippen LogP contribution in [0.15, 0.2) is 0 Å². The van der Waals surface area contributed by atoms with Gasteiger partial charge in [-0.05, 0) is 27.7 Å². The van der Waals surface area contributed by atoms with E-state index >= 15 is 0 Å². The van der Waals surface area contributed by atoms with E-state index in [0.717, 1.165) is 19.6 Å². The number of nitrogens with zero attached hydrogens (tertiary/aromatic N) is 1. The minimum Gasteiger partial charge on any atom is -0.314 e. The number of thioether (sulfide) groups is 1. The molecule has 17 heavy (non-hydrogen) atoms. The molecule has 0 aromatic rings. The minimum atomic E-state index is 0.0714. The first-order valence-corrected chi connectivity index (χ1v) is 8.15. The van der Waals surface area contributed by atoms with E-state index in [4.69, 9.17) is 12.6 Å². The first-order chi connectivity index (χ1) is 7.70. The molecule has 0 aliphatic carbocycles. The van der Waals surface area contributed by atoms with Crippen LogP contribution in [0.4, 0.5) is 0 Å². The third kappa shape index (κ3) is 6.10. The van der Waals surface area contributed by atoms with Crippen LogP contribution in [0.25, 0.3) is 0 Å². The summed E-state index contributed by atoms with van der Waals surface area (Å²) in [6, 6.07) is 0. The van der Waals surface area contributed by atoms with E-state index in [9.17, 15) is 0 Å². The zero-order valence-corrected chi connectivity index (χ0v) is 14.0. The van der Waals surface area contributed by atoms with Gasteiger partial charge in [-0.3, -0.25) is 4.90 Å². The van der Waals surface area contributed by atoms with E-state index in [1.807, 2.05) is 11.8 Å². The second-order valence-electron chi connectivity index (χ2n) is 5.90. The second kappa shape index (κ2) is 6.42. The Balaban J connectivity index is 2.27. The summed E-state index contributed by atoms with van der Waals surface area (Å²) in [6.45, 7) is 12.9. The molecule has 102 valence electrons. The average Bonchev–Trinajstić information content (AvgIpc) is 2.58. The maximum absolute atomic E-state index is 4.70. The minimum absolute atomic E-state index is 0.0714. The highest BCUT2D eigenvalue weighted by Crippen LogP contribution is 2.35. The van der Waals surface area contributed by atoms with Crippen LogP contribution in [0.2, 0.25) is 0 Å². The van der Waals surface area contributed by atoms with Crippen LogP contribution < -0.4 is 5.32 Å². The standard InChI is InChI=1S/C12H26N2S3/c1-11(2,15)9-13-5-6-14-7-8-17-10(14)12(3,4)16/h10,13,15-16H,5-9H2,1-4H3. The molecular weight excluding hydrogens is 268 g/mol. The summed E-state index contributed by atoms with van der Waals surface area (Å²) >= 11 is 11.2. The molecule has 0 aromatic heterocycles. The zero-order valence-electron chi connectivity index (χ0n) is 11.4. The normalized spacial score (nSPS) is 23.3. The third-order valence-corrected chi connectivity index (χ3v) is 4.92. The molecule has 0 bridgehead atoms. The predicted octanol–water partition coefficient (Wildman–Crippen LogP) is 2.37. The van der Waals surface area contributed by atoms with Crippen molar-refractivity contribution in [1.82, 2.24) is 10.2 Å². The third-order valence-electron chi connectivity index (χ3n) is 2.72. The van der Waals surface area contributed by atoms with E-state index in [2.05, 4.69) is 50.5 Å². The molecule has 2 nitrogen and oxygen atoms in total. The van der Waals surface area contributed by atoms with Gasteiger partial charge < -0.3 is 5.32 Å². The molecule has 1 heterocycles. The van der Waals surface area contributed by atoms with Gasteiger partial charge >= 0.3 is 0 Å². The Hall–Kier alpha value is 0.970. The molecule has 1 aliphatic heterocycles. The number of rotatable bonds is 6. The van der Waals surface area contributed by atoms with Crippen molar-refractivity contribution < 1.29 is 0 Å². The molecule has 0 amide bonds. The first-order valence-electron chi connectivity index (χ1n) is 6.21. The van der Waals surface area contributed by atoms with Gasteiger partial charge in [0.05, 0.1) is 5.37 Å². The lowest BCUT2D eigenvalue weighted by molar-refractivity contribution is 0.260. The molecule has 5 heteroatoms. The highest BCUT2D eigenvalue weighted by molar-refractivity contribution is 8.01. The van der Waals surface area contributed by atoms with Crippen LogP contribution in [-0.4, -0.2) is 51.7 Å². The first kappa shape index (κ1) is 16.0. The number of nitrogens with one attached hydrogen (secondary N) is 1. The second-order valence-corrected chi connectivity index (χ2v) is 9.45. The zero-order chi connectivity index (χ0) is 13.1. The summed E-state index contributed by atoms with van der Waals surface area (Å²) in [5, 5.41) is 4.01. The molecule has 1 saturated heterocycles. The van der Waals surface area contributed by atoms with Crippen molar-refractivity contribution in [3.8, 4) is 0 Å². The summed E-state index contributed by atoms with van der Waals surface area (Å²) in [4.78, 5) is 2.54. The van der Waals surface area contributed by atoms with E-state index in [1.165, 1.54) is 12.3 Å². The summed E-state index contributed by atoms with van der Waals surface area (Å²) in [7, 11) is 0. The summed E-state index contributed by atoms with van der Waals surface area (Å²) in [6.07, 6.45) is 0. The van der Waals surface area contributed by atoms with Crippen LogP contribution in [0, 0.1) is 0 Å². The fourth-order valence-corrected chi connectivity index (χ4v) is 3.89. The van der Waals surface area contributed by atoms with Crippen molar-refractivity contribution in [1.29, 1.82) is 0 Å². The molecule has 1 aliphatic rings. The van der Waals surface area contributed by atoms with Crippen molar-refractivity contribution >= 4 is 37.0 Å². The van der Waals surface area contributed by atoms with Crippen LogP contribution in [0.3, 0.4) is 0 Å². The van der Waals surface area contributed by atoms with E-state index in [0.29, 0.717) is 5.37 Å². The van der Waals surface area contributed by atoms with Gasteiger partial charge in [-0.1, -0.05) is 0 Å². The van der Waals surface area contributed by atoms with Gasteiger partial charge in [-0.25, -0.2) is 0 Å². The van der Waals surface area contributed by atoms with Crippen molar-refractivity contribution in [3.05, 3.63) is 0 Å². The highest BCUT2D eigenvalue weighted by atomic mass is 32.2. The molecule has 0 radical (unpaired) electrons. The van der Waals surface area contributed by atoms with E-state index < -0.39 is 0 Å². The molecule has 0 saturated carbocycles. The van der Waals surface area contributed by atoms with Crippen LogP contribution in [-0.2, 0) is 0 Å². The monoisotopic (exact) mass is 294 g/mol. The average molecular weight is 295 g/mol. The fourth-order valence-electron chi connectivity index (χ4n) is 2.00. The number of hydrogen-bond donors (Lipinski definition) is 3. The van der Waals surface area contributed by atoms with Gasteiger partial charge in [0, 0.05) is 41.4 Å². The maximum atomic E-state index is 4.70. The molecule has 1 fully saturated rings. The molecule has 1 rings (SSSR count). The largest absolute Gasteiger partial charge is 0.314 e. The van der Waals surface area contributed by atoms with Crippen molar-refractivity contribution in [2.75, 3.05) is 31.9 Å². The molecular formula is C12H26N2S3. The molecule has 1 unspecified atom stereocenters. The maximum Gasteiger partial charge on any atom is 0.0699 e. The lowest BCUT2D eigenvalue weighted by Gasteiger charge is -2.33. The fraction of sp³-hybridized carbons (Fsp3) is 1.00. The molecule has 0 spiro atoms. The van der Waals surface area contributed by atoms with Crippen molar-refractivity contribution in [2.24, 2.45) is 0 Å². The predicted molar refractivity (Wildman–Crippen MR) is 86.8 cm³/mol. The van der Waals surface area contributed by atoms with E-state index in [-0.39, 0.29) is 9.49 Å². The van der Waals surface area contributed by atoms with Crippen molar-refractivity contribution in [3.63, 3.8) is 0 Å². The quantitative estimate of drug-likeness (QED) is 0.515. The van der Waals surface area contributed by atoms with Crippen molar-refractivity contribution in [2.45, 2.75) is 42.6 Å². The Bertz CT molecular complexity index is 233. The van der Waals surface area contributed by atoms with Gasteiger partial charge in [0.25, 0.3) is 0 Å². The lowest BCUT2D eigenvalue weighted by Crippen LogP contribution is -2.44. The van der Waals surface area contributed by atoms with E-state index in [1.54, 1.807) is 0 Å². The topological polar surface area (TPSA) is 15.3 Å². The van der Waals surface area contributed by atoms with Crippen LogP contribution >= 0.6 is 37.0 Å². The highest BCUT2D eigenvalue weighted by Gasteiger charge is 2.35. The SMILES string of the molecule is CC(C)(S)CNCCN1CCSC1C(C)(C)S. The number of thiol groups is 2. The van der Waals surface area contributed by atoms with Crippen LogP contribution in [0.5, 0.6) is 0 Å². The Kier molecular flexibility index (Phi) is 6.05. The number of hydrogen-bond acceptors (Lipinski definition) is 5. The van der Waals surface area contributed by atoms with Gasteiger partial charge in [0.15, 0.2) is 0 Å². The lowest BCUT2D eigenvalue weighted by atomic mass is 10.2. The summed E-state index contributed by atoms with van der Waals surface area (Å²) in [5.41, 5.74) is 0. The Labute approximate surface area is 121 Å². The molecule has 0 aromatic carbocycles. The summed E-state index contributed by atoms with van der Waals surface area (Å²) < 4.78 is 0.145. The van der Waals surface area contributed by atoms with Gasteiger partial charge in [-0.15, -0.1) is 11.8 Å². The Morgan fingerprint density at radius 3 is 2.47 bits per heavy atom. The smallest absolute Gasteiger partial charge is 0.0699 e.